The molecule has 6 heteroatoms. The van der Waals surface area contributed by atoms with Gasteiger partial charge >= 0.3 is 6.03 Å². The molecule has 0 aliphatic carbocycles. The summed E-state index contributed by atoms with van der Waals surface area (Å²) < 4.78 is 5.73. The van der Waals surface area contributed by atoms with Crippen molar-refractivity contribution in [3.05, 3.63) is 29.8 Å². The molecule has 1 aliphatic rings. The quantitative estimate of drug-likeness (QED) is 0.892. The smallest absolute Gasteiger partial charge is 0.319 e. The number of nitriles is 1. The second-order valence-electron chi connectivity index (χ2n) is 6.08. The van der Waals surface area contributed by atoms with Crippen molar-refractivity contribution in [2.45, 2.75) is 39.0 Å². The lowest BCUT2D eigenvalue weighted by Gasteiger charge is -2.38. The van der Waals surface area contributed by atoms with E-state index in [9.17, 15) is 4.79 Å². The standard InChI is InChI=1S/C17H24N4O2/c1-12(21-10-13(2)23-14(3)11-21)9-19-17(22)20-16-6-4-15(8-18)5-7-16/h4-7,12-14H,9-11H2,1-3H3,(H2,19,20,22)/t12-,13+,14+/m1/s1. The van der Waals surface area contributed by atoms with Crippen molar-refractivity contribution in [3.63, 3.8) is 0 Å². The Morgan fingerprint density at radius 1 is 1.35 bits per heavy atom. The van der Waals surface area contributed by atoms with Gasteiger partial charge in [-0.15, -0.1) is 0 Å². The Hall–Kier alpha value is -2.10. The summed E-state index contributed by atoms with van der Waals surface area (Å²) in [6.45, 7) is 8.57. The number of hydrogen-bond acceptors (Lipinski definition) is 4. The molecule has 2 rings (SSSR count). The van der Waals surface area contributed by atoms with Gasteiger partial charge in [0.25, 0.3) is 0 Å². The van der Waals surface area contributed by atoms with Crippen LogP contribution in [-0.4, -0.2) is 48.8 Å². The number of morpholine rings is 1. The molecule has 0 spiro atoms. The van der Waals surface area contributed by atoms with E-state index in [1.54, 1.807) is 24.3 Å². The molecule has 2 amide bonds. The third-order valence-corrected chi connectivity index (χ3v) is 3.90. The lowest BCUT2D eigenvalue weighted by Crippen LogP contribution is -2.52. The van der Waals surface area contributed by atoms with Gasteiger partial charge in [0.1, 0.15) is 0 Å². The molecule has 0 bridgehead atoms. The second kappa shape index (κ2) is 7.95. The number of carbonyl (C=O) groups excluding carboxylic acids is 1. The zero-order chi connectivity index (χ0) is 16.8. The average Bonchev–Trinajstić information content (AvgIpc) is 2.52. The largest absolute Gasteiger partial charge is 0.373 e. The van der Waals surface area contributed by atoms with E-state index in [4.69, 9.17) is 10.00 Å². The first-order valence-corrected chi connectivity index (χ1v) is 7.92. The van der Waals surface area contributed by atoms with Crippen LogP contribution in [0.25, 0.3) is 0 Å². The number of benzene rings is 1. The van der Waals surface area contributed by atoms with E-state index in [-0.39, 0.29) is 24.3 Å². The molecule has 1 saturated heterocycles. The number of nitrogens with one attached hydrogen (secondary N) is 2. The second-order valence-corrected chi connectivity index (χ2v) is 6.08. The summed E-state index contributed by atoms with van der Waals surface area (Å²) in [5.74, 6) is 0. The first-order valence-electron chi connectivity index (χ1n) is 7.92. The fourth-order valence-electron chi connectivity index (χ4n) is 2.75. The molecular weight excluding hydrogens is 292 g/mol. The van der Waals surface area contributed by atoms with Gasteiger partial charge in [0.15, 0.2) is 0 Å². The number of urea groups is 1. The Bertz CT molecular complexity index is 557. The van der Waals surface area contributed by atoms with Gasteiger partial charge in [0.2, 0.25) is 0 Å². The van der Waals surface area contributed by atoms with Crippen LogP contribution in [0.1, 0.15) is 26.3 Å². The number of anilines is 1. The summed E-state index contributed by atoms with van der Waals surface area (Å²) in [4.78, 5) is 14.3. The first kappa shape index (κ1) is 17.3. The molecule has 2 N–H and O–H groups in total. The summed E-state index contributed by atoms with van der Waals surface area (Å²) in [5, 5.41) is 14.4. The molecule has 0 saturated carbocycles. The molecular formula is C17H24N4O2. The maximum absolute atomic E-state index is 12.0. The highest BCUT2D eigenvalue weighted by atomic mass is 16.5. The van der Waals surface area contributed by atoms with Crippen molar-refractivity contribution in [1.29, 1.82) is 5.26 Å². The minimum absolute atomic E-state index is 0.216. The van der Waals surface area contributed by atoms with E-state index in [2.05, 4.69) is 36.3 Å². The van der Waals surface area contributed by atoms with Crippen LogP contribution < -0.4 is 10.6 Å². The van der Waals surface area contributed by atoms with Gasteiger partial charge in [0, 0.05) is 31.4 Å². The van der Waals surface area contributed by atoms with Gasteiger partial charge in [-0.25, -0.2) is 4.79 Å². The lowest BCUT2D eigenvalue weighted by atomic mass is 10.2. The van der Waals surface area contributed by atoms with Crippen molar-refractivity contribution in [1.82, 2.24) is 10.2 Å². The Morgan fingerprint density at radius 3 is 2.52 bits per heavy atom. The average molecular weight is 316 g/mol. The molecule has 0 unspecified atom stereocenters. The van der Waals surface area contributed by atoms with Gasteiger partial charge in [-0.05, 0) is 45.0 Å². The minimum atomic E-state index is -0.240. The summed E-state index contributed by atoms with van der Waals surface area (Å²) in [6.07, 6.45) is 0.433. The maximum atomic E-state index is 12.0. The number of rotatable bonds is 4. The Balaban J connectivity index is 1.78. The fraction of sp³-hybridized carbons (Fsp3) is 0.529. The Labute approximate surface area is 137 Å². The number of carbonyl (C=O) groups is 1. The highest BCUT2D eigenvalue weighted by Crippen LogP contribution is 2.13. The van der Waals surface area contributed by atoms with Gasteiger partial charge in [-0.1, -0.05) is 0 Å². The molecule has 124 valence electrons. The van der Waals surface area contributed by atoms with Crippen molar-refractivity contribution in [2.75, 3.05) is 25.0 Å². The van der Waals surface area contributed by atoms with E-state index in [1.807, 2.05) is 6.07 Å². The highest BCUT2D eigenvalue weighted by Gasteiger charge is 2.25. The molecule has 3 atom stereocenters. The molecule has 0 radical (unpaired) electrons. The van der Waals surface area contributed by atoms with Crippen LogP contribution in [0.3, 0.4) is 0 Å². The van der Waals surface area contributed by atoms with Crippen LogP contribution in [-0.2, 0) is 4.74 Å². The van der Waals surface area contributed by atoms with Gasteiger partial charge in [0.05, 0.1) is 23.8 Å². The summed E-state index contributed by atoms with van der Waals surface area (Å²) in [6, 6.07) is 8.83. The zero-order valence-electron chi connectivity index (χ0n) is 13.9. The van der Waals surface area contributed by atoms with E-state index < -0.39 is 0 Å². The van der Waals surface area contributed by atoms with E-state index >= 15 is 0 Å². The summed E-state index contributed by atoms with van der Waals surface area (Å²) >= 11 is 0. The molecule has 1 aromatic rings. The van der Waals surface area contributed by atoms with E-state index in [0.717, 1.165) is 13.1 Å². The minimum Gasteiger partial charge on any atom is -0.373 e. The normalized spacial score (nSPS) is 22.9. The molecule has 6 nitrogen and oxygen atoms in total. The van der Waals surface area contributed by atoms with Crippen molar-refractivity contribution in [3.8, 4) is 6.07 Å². The summed E-state index contributed by atoms with van der Waals surface area (Å²) in [5.41, 5.74) is 1.24. The maximum Gasteiger partial charge on any atom is 0.319 e. The molecule has 1 aliphatic heterocycles. The van der Waals surface area contributed by atoms with Gasteiger partial charge in [-0.3, -0.25) is 4.90 Å². The van der Waals surface area contributed by atoms with Crippen LogP contribution in [0.2, 0.25) is 0 Å². The molecule has 1 fully saturated rings. The third-order valence-electron chi connectivity index (χ3n) is 3.90. The van der Waals surface area contributed by atoms with Crippen molar-refractivity contribution < 1.29 is 9.53 Å². The highest BCUT2D eigenvalue weighted by molar-refractivity contribution is 5.89. The fourth-order valence-corrected chi connectivity index (χ4v) is 2.75. The number of ether oxygens (including phenoxy) is 1. The molecule has 1 heterocycles. The Kier molecular flexibility index (Phi) is 5.97. The van der Waals surface area contributed by atoms with Crippen LogP contribution >= 0.6 is 0 Å². The van der Waals surface area contributed by atoms with Crippen LogP contribution in [0.5, 0.6) is 0 Å². The SMILES string of the molecule is C[C@H](CNC(=O)Nc1ccc(C#N)cc1)N1C[C@H](C)O[C@@H](C)C1. The van der Waals surface area contributed by atoms with E-state index in [1.165, 1.54) is 0 Å². The van der Waals surface area contributed by atoms with Crippen molar-refractivity contribution >= 4 is 11.7 Å². The predicted octanol–water partition coefficient (Wildman–Crippen LogP) is 2.18. The molecule has 0 aromatic heterocycles. The molecule has 1 aromatic carbocycles. The lowest BCUT2D eigenvalue weighted by molar-refractivity contribution is -0.0777. The topological polar surface area (TPSA) is 77.4 Å². The number of nitrogens with zero attached hydrogens (tertiary/aromatic N) is 2. The first-order chi connectivity index (χ1) is 11.0. The number of amides is 2. The predicted molar refractivity (Wildman–Crippen MR) is 89.2 cm³/mol. The molecule has 23 heavy (non-hydrogen) atoms. The monoisotopic (exact) mass is 316 g/mol. The van der Waals surface area contributed by atoms with Crippen molar-refractivity contribution in [2.24, 2.45) is 0 Å². The van der Waals surface area contributed by atoms with Crippen LogP contribution in [0, 0.1) is 11.3 Å². The Morgan fingerprint density at radius 2 is 1.96 bits per heavy atom. The summed E-state index contributed by atoms with van der Waals surface area (Å²) in [7, 11) is 0. The van der Waals surface area contributed by atoms with Gasteiger partial charge in [-0.2, -0.15) is 5.26 Å². The third kappa shape index (κ3) is 5.23. The number of hydrogen-bond donors (Lipinski definition) is 2. The van der Waals surface area contributed by atoms with E-state index in [0.29, 0.717) is 17.8 Å². The zero-order valence-corrected chi connectivity index (χ0v) is 13.9. The van der Waals surface area contributed by atoms with Crippen LogP contribution in [0.15, 0.2) is 24.3 Å². The van der Waals surface area contributed by atoms with Gasteiger partial charge < -0.3 is 15.4 Å². The van der Waals surface area contributed by atoms with Crippen LogP contribution in [0.4, 0.5) is 10.5 Å².